The fourth-order valence-electron chi connectivity index (χ4n) is 2.93. The van der Waals surface area contributed by atoms with E-state index in [1.54, 1.807) is 12.4 Å². The zero-order valence-electron chi connectivity index (χ0n) is 12.7. The number of amides is 1. The molecule has 2 aromatic heterocycles. The predicted molar refractivity (Wildman–Crippen MR) is 80.9 cm³/mol. The Bertz CT molecular complexity index is 626. The molecule has 1 unspecified atom stereocenters. The van der Waals surface area contributed by atoms with Crippen LogP contribution in [0.3, 0.4) is 0 Å². The van der Waals surface area contributed by atoms with Crippen molar-refractivity contribution >= 4 is 5.91 Å². The van der Waals surface area contributed by atoms with Gasteiger partial charge in [0.25, 0.3) is 5.89 Å². The first-order chi connectivity index (χ1) is 10.8. The maximum Gasteiger partial charge on any atom is 0.258 e. The molecule has 0 spiro atoms. The van der Waals surface area contributed by atoms with Crippen molar-refractivity contribution in [1.82, 2.24) is 20.0 Å². The summed E-state index contributed by atoms with van der Waals surface area (Å²) < 4.78 is 5.29. The van der Waals surface area contributed by atoms with Gasteiger partial charge in [0, 0.05) is 43.4 Å². The zero-order chi connectivity index (χ0) is 15.4. The molecule has 1 aliphatic heterocycles. The van der Waals surface area contributed by atoms with Crippen molar-refractivity contribution < 1.29 is 9.32 Å². The molecule has 0 radical (unpaired) electrons. The third kappa shape index (κ3) is 3.16. The number of rotatable bonds is 5. The highest BCUT2D eigenvalue weighted by Crippen LogP contribution is 2.23. The Morgan fingerprint density at radius 2 is 2.23 bits per heavy atom. The second-order valence-corrected chi connectivity index (χ2v) is 5.53. The lowest BCUT2D eigenvalue weighted by molar-refractivity contribution is -0.131. The van der Waals surface area contributed by atoms with Crippen molar-refractivity contribution in [2.75, 3.05) is 6.54 Å². The number of nitrogens with zero attached hydrogens (tertiary/aromatic N) is 4. The molecule has 0 N–H and O–H groups in total. The van der Waals surface area contributed by atoms with E-state index in [1.165, 1.54) is 0 Å². The molecule has 1 saturated heterocycles. The summed E-state index contributed by atoms with van der Waals surface area (Å²) >= 11 is 0. The Morgan fingerprint density at radius 1 is 1.41 bits per heavy atom. The summed E-state index contributed by atoms with van der Waals surface area (Å²) in [5.41, 5.74) is 0.873. The maximum atomic E-state index is 11.9. The minimum absolute atomic E-state index is 0.244. The Kier molecular flexibility index (Phi) is 4.46. The van der Waals surface area contributed by atoms with E-state index in [2.05, 4.69) is 15.1 Å². The largest absolute Gasteiger partial charge is 0.340 e. The Morgan fingerprint density at radius 3 is 3.00 bits per heavy atom. The number of aryl methyl sites for hydroxylation is 1. The lowest BCUT2D eigenvalue weighted by atomic mass is 10.1. The number of likely N-dealkylation sites (tertiary alicyclic amines) is 1. The van der Waals surface area contributed by atoms with Gasteiger partial charge in [0.05, 0.1) is 0 Å². The van der Waals surface area contributed by atoms with E-state index in [0.29, 0.717) is 24.2 Å². The van der Waals surface area contributed by atoms with Crippen molar-refractivity contribution in [2.24, 2.45) is 0 Å². The topological polar surface area (TPSA) is 72.1 Å². The molecule has 116 valence electrons. The van der Waals surface area contributed by atoms with Crippen LogP contribution in [0, 0.1) is 0 Å². The van der Waals surface area contributed by atoms with E-state index in [0.717, 1.165) is 37.8 Å². The molecular weight excluding hydrogens is 280 g/mol. The molecule has 1 aliphatic rings. The van der Waals surface area contributed by atoms with Gasteiger partial charge in [-0.15, -0.1) is 0 Å². The van der Waals surface area contributed by atoms with Gasteiger partial charge in [-0.2, -0.15) is 4.98 Å². The van der Waals surface area contributed by atoms with Gasteiger partial charge in [-0.25, -0.2) is 0 Å². The van der Waals surface area contributed by atoms with Gasteiger partial charge in [0.2, 0.25) is 5.91 Å². The summed E-state index contributed by atoms with van der Waals surface area (Å²) in [6.45, 7) is 2.80. The summed E-state index contributed by atoms with van der Waals surface area (Å²) in [6, 6.07) is 4.00. The van der Waals surface area contributed by atoms with Crippen molar-refractivity contribution in [1.29, 1.82) is 0 Å². The van der Waals surface area contributed by atoms with Crippen LogP contribution in [0.5, 0.6) is 0 Å². The van der Waals surface area contributed by atoms with Crippen LogP contribution in [0.4, 0.5) is 0 Å². The Labute approximate surface area is 129 Å². The van der Waals surface area contributed by atoms with Crippen LogP contribution in [-0.2, 0) is 11.2 Å². The molecule has 2 aromatic rings. The van der Waals surface area contributed by atoms with E-state index < -0.39 is 0 Å². The molecule has 0 aliphatic carbocycles. The molecule has 6 heteroatoms. The molecule has 3 heterocycles. The van der Waals surface area contributed by atoms with Gasteiger partial charge in [0.1, 0.15) is 0 Å². The first-order valence-corrected chi connectivity index (χ1v) is 7.80. The predicted octanol–water partition coefficient (Wildman–Crippen LogP) is 2.47. The van der Waals surface area contributed by atoms with Crippen LogP contribution in [0.15, 0.2) is 29.0 Å². The average Bonchev–Trinajstić information content (AvgIpc) is 3.22. The van der Waals surface area contributed by atoms with Crippen molar-refractivity contribution in [3.05, 3.63) is 30.4 Å². The van der Waals surface area contributed by atoms with Crippen LogP contribution in [0.1, 0.15) is 38.4 Å². The number of aromatic nitrogens is 3. The zero-order valence-corrected chi connectivity index (χ0v) is 12.7. The van der Waals surface area contributed by atoms with E-state index in [-0.39, 0.29) is 5.91 Å². The minimum Gasteiger partial charge on any atom is -0.340 e. The minimum atomic E-state index is 0.244. The third-order valence-corrected chi connectivity index (χ3v) is 4.10. The summed E-state index contributed by atoms with van der Waals surface area (Å²) in [5.74, 6) is 1.46. The SMILES string of the molecule is CCC(=O)N1CCCC1CCc1noc(-c2ccncc2)n1. The molecule has 1 amide bonds. The first kappa shape index (κ1) is 14.7. The third-order valence-electron chi connectivity index (χ3n) is 4.10. The fourth-order valence-corrected chi connectivity index (χ4v) is 2.93. The van der Waals surface area contributed by atoms with Crippen LogP contribution < -0.4 is 0 Å². The lowest BCUT2D eigenvalue weighted by Crippen LogP contribution is -2.35. The van der Waals surface area contributed by atoms with Crippen molar-refractivity contribution in [2.45, 2.75) is 45.1 Å². The smallest absolute Gasteiger partial charge is 0.258 e. The molecule has 0 saturated carbocycles. The van der Waals surface area contributed by atoms with E-state index in [4.69, 9.17) is 4.52 Å². The standard InChI is InChI=1S/C16H20N4O2/c1-2-15(21)20-11-3-4-13(20)5-6-14-18-16(22-19-14)12-7-9-17-10-8-12/h7-10,13H,2-6,11H2,1H3. The first-order valence-electron chi connectivity index (χ1n) is 7.80. The monoisotopic (exact) mass is 300 g/mol. The average molecular weight is 300 g/mol. The van der Waals surface area contributed by atoms with Crippen LogP contribution in [0.2, 0.25) is 0 Å². The van der Waals surface area contributed by atoms with Gasteiger partial charge in [-0.05, 0) is 31.4 Å². The molecular formula is C16H20N4O2. The Balaban J connectivity index is 1.60. The quantitative estimate of drug-likeness (QED) is 0.848. The van der Waals surface area contributed by atoms with Gasteiger partial charge < -0.3 is 9.42 Å². The second-order valence-electron chi connectivity index (χ2n) is 5.53. The Hall–Kier alpha value is -2.24. The van der Waals surface area contributed by atoms with Gasteiger partial charge >= 0.3 is 0 Å². The molecule has 0 bridgehead atoms. The summed E-state index contributed by atoms with van der Waals surface area (Å²) in [6.07, 6.45) is 7.75. The second kappa shape index (κ2) is 6.68. The molecule has 1 fully saturated rings. The van der Waals surface area contributed by atoms with Crippen molar-refractivity contribution in [3.63, 3.8) is 0 Å². The van der Waals surface area contributed by atoms with Gasteiger partial charge in [-0.1, -0.05) is 12.1 Å². The van der Waals surface area contributed by atoms with Crippen LogP contribution >= 0.6 is 0 Å². The van der Waals surface area contributed by atoms with E-state index in [1.807, 2.05) is 24.0 Å². The molecule has 1 atom stereocenters. The van der Waals surface area contributed by atoms with Crippen LogP contribution in [0.25, 0.3) is 11.5 Å². The normalized spacial score (nSPS) is 17.9. The van der Waals surface area contributed by atoms with Gasteiger partial charge in [-0.3, -0.25) is 9.78 Å². The summed E-state index contributed by atoms with van der Waals surface area (Å²) in [7, 11) is 0. The number of hydrogen-bond acceptors (Lipinski definition) is 5. The maximum absolute atomic E-state index is 11.9. The van der Waals surface area contributed by atoms with Crippen molar-refractivity contribution in [3.8, 4) is 11.5 Å². The molecule has 22 heavy (non-hydrogen) atoms. The number of carbonyl (C=O) groups is 1. The van der Waals surface area contributed by atoms with Crippen LogP contribution in [-0.4, -0.2) is 38.5 Å². The number of pyridine rings is 1. The van der Waals surface area contributed by atoms with E-state index in [9.17, 15) is 4.79 Å². The number of hydrogen-bond donors (Lipinski definition) is 0. The highest BCUT2D eigenvalue weighted by atomic mass is 16.5. The molecule has 3 rings (SSSR count). The van der Waals surface area contributed by atoms with E-state index >= 15 is 0 Å². The highest BCUT2D eigenvalue weighted by molar-refractivity contribution is 5.76. The number of carbonyl (C=O) groups excluding carboxylic acids is 1. The molecule has 0 aromatic carbocycles. The molecule has 6 nitrogen and oxygen atoms in total. The fraction of sp³-hybridized carbons (Fsp3) is 0.500. The summed E-state index contributed by atoms with van der Waals surface area (Å²) in [5, 5.41) is 4.03. The lowest BCUT2D eigenvalue weighted by Gasteiger charge is -2.23. The summed E-state index contributed by atoms with van der Waals surface area (Å²) in [4.78, 5) is 22.3. The highest BCUT2D eigenvalue weighted by Gasteiger charge is 2.27. The van der Waals surface area contributed by atoms with Gasteiger partial charge in [0.15, 0.2) is 5.82 Å².